The Hall–Kier alpha value is -1.30. The van der Waals surface area contributed by atoms with Gasteiger partial charge in [0.15, 0.2) is 23.3 Å². The molecule has 106 valence electrons. The van der Waals surface area contributed by atoms with Crippen LogP contribution in [0.15, 0.2) is 6.07 Å². The van der Waals surface area contributed by atoms with Crippen LogP contribution in [-0.4, -0.2) is 17.3 Å². The molecule has 1 aliphatic rings. The molecule has 0 amide bonds. The SMILES string of the molecule is OC1(CNc2c(F)c(F)cc(F)c2F)CCCCC1. The van der Waals surface area contributed by atoms with Gasteiger partial charge >= 0.3 is 0 Å². The van der Waals surface area contributed by atoms with Crippen LogP contribution in [0.3, 0.4) is 0 Å². The van der Waals surface area contributed by atoms with Crippen LogP contribution in [0, 0.1) is 23.3 Å². The molecule has 0 aromatic heterocycles. The third-order valence-electron chi connectivity index (χ3n) is 3.49. The number of hydrogen-bond acceptors (Lipinski definition) is 2. The minimum atomic E-state index is -1.47. The summed E-state index contributed by atoms with van der Waals surface area (Å²) in [6.45, 7) is -0.135. The lowest BCUT2D eigenvalue weighted by molar-refractivity contribution is 0.0166. The maximum absolute atomic E-state index is 13.4. The summed E-state index contributed by atoms with van der Waals surface area (Å²) in [5, 5.41) is 12.5. The van der Waals surface area contributed by atoms with Crippen molar-refractivity contribution >= 4 is 5.69 Å². The Bertz CT molecular complexity index is 446. The summed E-state index contributed by atoms with van der Waals surface area (Å²) in [6, 6.07) is 0.158. The summed E-state index contributed by atoms with van der Waals surface area (Å²) in [7, 11) is 0. The van der Waals surface area contributed by atoms with E-state index in [9.17, 15) is 22.7 Å². The highest BCUT2D eigenvalue weighted by Gasteiger charge is 2.30. The molecule has 0 atom stereocenters. The van der Waals surface area contributed by atoms with E-state index in [2.05, 4.69) is 5.32 Å². The van der Waals surface area contributed by atoms with Crippen molar-refractivity contribution in [3.63, 3.8) is 0 Å². The van der Waals surface area contributed by atoms with Gasteiger partial charge in [-0.2, -0.15) is 0 Å². The number of anilines is 1. The Labute approximate surface area is 108 Å². The molecule has 19 heavy (non-hydrogen) atoms. The van der Waals surface area contributed by atoms with Crippen molar-refractivity contribution < 1.29 is 22.7 Å². The number of rotatable bonds is 3. The predicted octanol–water partition coefficient (Wildman–Crippen LogP) is 3.35. The van der Waals surface area contributed by atoms with Crippen molar-refractivity contribution in [1.82, 2.24) is 0 Å². The standard InChI is InChI=1S/C13H15F4NO/c14-8-6-9(15)11(17)12(10(8)16)18-7-13(19)4-2-1-3-5-13/h6,18-19H,1-5,7H2. The zero-order valence-electron chi connectivity index (χ0n) is 10.3. The molecule has 0 bridgehead atoms. The average Bonchev–Trinajstić information content (AvgIpc) is 2.37. The molecule has 0 heterocycles. The van der Waals surface area contributed by atoms with Crippen LogP contribution in [0.4, 0.5) is 23.2 Å². The van der Waals surface area contributed by atoms with E-state index in [1.54, 1.807) is 0 Å². The van der Waals surface area contributed by atoms with Gasteiger partial charge in [-0.15, -0.1) is 0 Å². The quantitative estimate of drug-likeness (QED) is 0.656. The normalized spacial score (nSPS) is 18.4. The molecule has 0 spiro atoms. The van der Waals surface area contributed by atoms with Crippen molar-refractivity contribution in [3.05, 3.63) is 29.3 Å². The van der Waals surface area contributed by atoms with Crippen molar-refractivity contribution in [2.75, 3.05) is 11.9 Å². The fraction of sp³-hybridized carbons (Fsp3) is 0.538. The first-order valence-corrected chi connectivity index (χ1v) is 6.22. The van der Waals surface area contributed by atoms with Crippen LogP contribution in [-0.2, 0) is 0 Å². The highest BCUT2D eigenvalue weighted by Crippen LogP contribution is 2.30. The van der Waals surface area contributed by atoms with Crippen LogP contribution in [0.2, 0.25) is 0 Å². The zero-order valence-corrected chi connectivity index (χ0v) is 10.3. The van der Waals surface area contributed by atoms with E-state index in [4.69, 9.17) is 0 Å². The number of hydrogen-bond donors (Lipinski definition) is 2. The molecule has 2 nitrogen and oxygen atoms in total. The molecule has 0 aliphatic heterocycles. The minimum absolute atomic E-state index is 0.135. The lowest BCUT2D eigenvalue weighted by atomic mass is 9.85. The first kappa shape index (κ1) is 14.1. The van der Waals surface area contributed by atoms with Crippen molar-refractivity contribution in [2.45, 2.75) is 37.7 Å². The molecular weight excluding hydrogens is 262 g/mol. The molecule has 6 heteroatoms. The third kappa shape index (κ3) is 3.00. The van der Waals surface area contributed by atoms with Gasteiger partial charge < -0.3 is 10.4 Å². The van der Waals surface area contributed by atoms with E-state index in [1.165, 1.54) is 0 Å². The van der Waals surface area contributed by atoms with Crippen LogP contribution < -0.4 is 5.32 Å². The summed E-state index contributed by atoms with van der Waals surface area (Å²) in [6.07, 6.45) is 3.64. The van der Waals surface area contributed by atoms with E-state index in [1.807, 2.05) is 0 Å². The monoisotopic (exact) mass is 277 g/mol. The van der Waals surface area contributed by atoms with Crippen LogP contribution in [0.25, 0.3) is 0 Å². The van der Waals surface area contributed by atoms with Gasteiger partial charge in [-0.1, -0.05) is 19.3 Å². The molecule has 1 aromatic rings. The Morgan fingerprint density at radius 3 is 2.05 bits per heavy atom. The molecule has 0 saturated heterocycles. The van der Waals surface area contributed by atoms with Gasteiger partial charge in [-0.05, 0) is 12.8 Å². The molecule has 2 N–H and O–H groups in total. The van der Waals surface area contributed by atoms with Crippen LogP contribution in [0.1, 0.15) is 32.1 Å². The van der Waals surface area contributed by atoms with Gasteiger partial charge in [0.2, 0.25) is 0 Å². The highest BCUT2D eigenvalue weighted by atomic mass is 19.2. The van der Waals surface area contributed by atoms with Gasteiger partial charge in [0, 0.05) is 12.6 Å². The summed E-state index contributed by atoms with van der Waals surface area (Å²) >= 11 is 0. The number of nitrogens with one attached hydrogen (secondary N) is 1. The first-order chi connectivity index (χ1) is 8.93. The molecule has 2 rings (SSSR count). The summed E-state index contributed by atoms with van der Waals surface area (Å²) in [5.74, 6) is -5.87. The van der Waals surface area contributed by atoms with Gasteiger partial charge in [0.05, 0.1) is 5.60 Å². The second-order valence-corrected chi connectivity index (χ2v) is 4.98. The third-order valence-corrected chi connectivity index (χ3v) is 3.49. The fourth-order valence-corrected chi connectivity index (χ4v) is 2.37. The smallest absolute Gasteiger partial charge is 0.185 e. The molecule has 0 radical (unpaired) electrons. The number of halogens is 4. The Balaban J connectivity index is 2.15. The topological polar surface area (TPSA) is 32.3 Å². The lowest BCUT2D eigenvalue weighted by Crippen LogP contribution is -2.39. The van der Waals surface area contributed by atoms with Gasteiger partial charge in [0.1, 0.15) is 5.69 Å². The van der Waals surface area contributed by atoms with E-state index in [0.717, 1.165) is 19.3 Å². The fourth-order valence-electron chi connectivity index (χ4n) is 2.37. The summed E-state index contributed by atoms with van der Waals surface area (Å²) < 4.78 is 52.8. The number of aliphatic hydroxyl groups is 1. The van der Waals surface area contributed by atoms with E-state index >= 15 is 0 Å². The van der Waals surface area contributed by atoms with Gasteiger partial charge in [-0.3, -0.25) is 0 Å². The van der Waals surface area contributed by atoms with Gasteiger partial charge in [0.25, 0.3) is 0 Å². The second-order valence-electron chi connectivity index (χ2n) is 4.98. The zero-order chi connectivity index (χ0) is 14.0. The highest BCUT2D eigenvalue weighted by molar-refractivity contribution is 5.47. The largest absolute Gasteiger partial charge is 0.388 e. The average molecular weight is 277 g/mol. The van der Waals surface area contributed by atoms with Crippen LogP contribution in [0.5, 0.6) is 0 Å². The van der Waals surface area contributed by atoms with Gasteiger partial charge in [-0.25, -0.2) is 17.6 Å². The van der Waals surface area contributed by atoms with Crippen molar-refractivity contribution in [2.24, 2.45) is 0 Å². The number of benzene rings is 1. The van der Waals surface area contributed by atoms with E-state index < -0.39 is 34.6 Å². The maximum Gasteiger partial charge on any atom is 0.185 e. The lowest BCUT2D eigenvalue weighted by Gasteiger charge is -2.32. The Morgan fingerprint density at radius 1 is 1.00 bits per heavy atom. The molecule has 1 aromatic carbocycles. The molecular formula is C13H15F4NO. The summed E-state index contributed by atoms with van der Waals surface area (Å²) in [5.41, 5.74) is -1.95. The molecule has 1 aliphatic carbocycles. The van der Waals surface area contributed by atoms with Crippen molar-refractivity contribution in [3.8, 4) is 0 Å². The van der Waals surface area contributed by atoms with E-state index in [0.29, 0.717) is 12.8 Å². The Morgan fingerprint density at radius 2 is 1.53 bits per heavy atom. The predicted molar refractivity (Wildman–Crippen MR) is 62.8 cm³/mol. The molecule has 1 saturated carbocycles. The maximum atomic E-state index is 13.4. The first-order valence-electron chi connectivity index (χ1n) is 6.22. The molecule has 1 fully saturated rings. The second kappa shape index (κ2) is 5.36. The van der Waals surface area contributed by atoms with Crippen LogP contribution >= 0.6 is 0 Å². The minimum Gasteiger partial charge on any atom is -0.388 e. The van der Waals surface area contributed by atoms with E-state index in [-0.39, 0.29) is 12.6 Å². The molecule has 0 unspecified atom stereocenters. The van der Waals surface area contributed by atoms with Crippen molar-refractivity contribution in [1.29, 1.82) is 0 Å². The summed E-state index contributed by atoms with van der Waals surface area (Å²) in [4.78, 5) is 0. The Kier molecular flexibility index (Phi) is 3.99.